The lowest BCUT2D eigenvalue weighted by molar-refractivity contribution is -0.126. The van der Waals surface area contributed by atoms with Crippen molar-refractivity contribution in [3.05, 3.63) is 28.8 Å². The van der Waals surface area contributed by atoms with Gasteiger partial charge in [0.05, 0.1) is 7.11 Å². The van der Waals surface area contributed by atoms with Gasteiger partial charge < -0.3 is 16.2 Å². The van der Waals surface area contributed by atoms with Crippen molar-refractivity contribution >= 4 is 5.91 Å². The summed E-state index contributed by atoms with van der Waals surface area (Å²) < 4.78 is 5.33. The van der Waals surface area contributed by atoms with E-state index in [-0.39, 0.29) is 11.9 Å². The second-order valence-electron chi connectivity index (χ2n) is 5.75. The summed E-state index contributed by atoms with van der Waals surface area (Å²) in [4.78, 5) is 11.4. The molecule has 0 aliphatic carbocycles. The molecule has 106 valence electrons. The summed E-state index contributed by atoms with van der Waals surface area (Å²) in [5.41, 5.74) is 14.1. The SMILES string of the molecule is COc1c(C)cc(C(N)CC(C)(C)C(N)=O)cc1C. The number of carbonyl (C=O) groups is 1. The highest BCUT2D eigenvalue weighted by molar-refractivity contribution is 5.79. The number of methoxy groups -OCH3 is 1. The number of carbonyl (C=O) groups excluding carboxylic acids is 1. The van der Waals surface area contributed by atoms with Crippen molar-refractivity contribution in [2.75, 3.05) is 7.11 Å². The standard InChI is InChI=1S/C15H24N2O2/c1-9-6-11(7-10(2)13(9)19-5)12(16)8-15(3,4)14(17)18/h6-7,12H,8,16H2,1-5H3,(H2,17,18). The van der Waals surface area contributed by atoms with Gasteiger partial charge in [0.25, 0.3) is 0 Å². The Balaban J connectivity index is 3.01. The molecule has 1 unspecified atom stereocenters. The van der Waals surface area contributed by atoms with Crippen LogP contribution in [0.5, 0.6) is 5.75 Å². The summed E-state index contributed by atoms with van der Waals surface area (Å²) in [7, 11) is 1.66. The minimum atomic E-state index is -0.610. The van der Waals surface area contributed by atoms with Crippen LogP contribution in [0, 0.1) is 19.3 Å². The molecule has 0 heterocycles. The summed E-state index contributed by atoms with van der Waals surface area (Å²) >= 11 is 0. The Morgan fingerprint density at radius 2 is 1.79 bits per heavy atom. The summed E-state index contributed by atoms with van der Waals surface area (Å²) in [6, 6.07) is 3.80. The number of aryl methyl sites for hydroxylation is 2. The van der Waals surface area contributed by atoms with Crippen LogP contribution in [-0.4, -0.2) is 13.0 Å². The van der Waals surface area contributed by atoms with E-state index >= 15 is 0 Å². The molecule has 1 rings (SSSR count). The van der Waals surface area contributed by atoms with Crippen LogP contribution in [0.1, 0.15) is 43.0 Å². The van der Waals surface area contributed by atoms with Crippen molar-refractivity contribution in [3.63, 3.8) is 0 Å². The third-order valence-electron chi connectivity index (χ3n) is 3.51. The number of hydrogen-bond donors (Lipinski definition) is 2. The summed E-state index contributed by atoms with van der Waals surface area (Å²) in [6.45, 7) is 7.61. The van der Waals surface area contributed by atoms with Gasteiger partial charge in [-0.1, -0.05) is 26.0 Å². The molecule has 0 saturated carbocycles. The molecule has 1 aromatic carbocycles. The smallest absolute Gasteiger partial charge is 0.223 e. The third kappa shape index (κ3) is 3.47. The van der Waals surface area contributed by atoms with Crippen LogP contribution in [-0.2, 0) is 4.79 Å². The van der Waals surface area contributed by atoms with E-state index in [0.29, 0.717) is 6.42 Å². The van der Waals surface area contributed by atoms with Crippen molar-refractivity contribution in [1.29, 1.82) is 0 Å². The highest BCUT2D eigenvalue weighted by Crippen LogP contribution is 2.32. The average molecular weight is 264 g/mol. The number of amides is 1. The largest absolute Gasteiger partial charge is 0.496 e. The van der Waals surface area contributed by atoms with Crippen LogP contribution in [0.2, 0.25) is 0 Å². The number of primary amides is 1. The Labute approximate surface area is 115 Å². The van der Waals surface area contributed by atoms with E-state index in [9.17, 15) is 4.79 Å². The number of rotatable bonds is 5. The van der Waals surface area contributed by atoms with Gasteiger partial charge in [-0.05, 0) is 37.0 Å². The van der Waals surface area contributed by atoms with Crippen LogP contribution in [0.15, 0.2) is 12.1 Å². The first-order valence-electron chi connectivity index (χ1n) is 6.39. The molecular weight excluding hydrogens is 240 g/mol. The number of benzene rings is 1. The van der Waals surface area contributed by atoms with Crippen molar-refractivity contribution in [2.45, 2.75) is 40.2 Å². The second-order valence-corrected chi connectivity index (χ2v) is 5.75. The summed E-state index contributed by atoms with van der Waals surface area (Å²) in [5.74, 6) is 0.551. The Morgan fingerprint density at radius 3 is 2.16 bits per heavy atom. The highest BCUT2D eigenvalue weighted by atomic mass is 16.5. The first-order valence-corrected chi connectivity index (χ1v) is 6.39. The van der Waals surface area contributed by atoms with Crippen LogP contribution < -0.4 is 16.2 Å². The van der Waals surface area contributed by atoms with E-state index in [2.05, 4.69) is 0 Å². The average Bonchev–Trinajstić information content (AvgIpc) is 2.27. The molecule has 1 amide bonds. The van der Waals surface area contributed by atoms with Gasteiger partial charge in [0.15, 0.2) is 0 Å². The fraction of sp³-hybridized carbons (Fsp3) is 0.533. The molecular formula is C15H24N2O2. The molecule has 0 spiro atoms. The Bertz CT molecular complexity index is 458. The first kappa shape index (κ1) is 15.5. The molecule has 0 radical (unpaired) electrons. The summed E-state index contributed by atoms with van der Waals surface area (Å²) in [5, 5.41) is 0. The van der Waals surface area contributed by atoms with Gasteiger partial charge in [-0.2, -0.15) is 0 Å². The maximum Gasteiger partial charge on any atom is 0.223 e. The van der Waals surface area contributed by atoms with Gasteiger partial charge in [0.1, 0.15) is 5.75 Å². The molecule has 0 aromatic heterocycles. The zero-order chi connectivity index (χ0) is 14.8. The number of nitrogens with two attached hydrogens (primary N) is 2. The van der Waals surface area contributed by atoms with Crippen LogP contribution >= 0.6 is 0 Å². The first-order chi connectivity index (χ1) is 8.69. The van der Waals surface area contributed by atoms with Gasteiger partial charge in [-0.15, -0.1) is 0 Å². The van der Waals surface area contributed by atoms with Crippen LogP contribution in [0.25, 0.3) is 0 Å². The third-order valence-corrected chi connectivity index (χ3v) is 3.51. The van der Waals surface area contributed by atoms with E-state index in [1.807, 2.05) is 39.8 Å². The monoisotopic (exact) mass is 264 g/mol. The number of hydrogen-bond acceptors (Lipinski definition) is 3. The minimum absolute atomic E-state index is 0.217. The van der Waals surface area contributed by atoms with Gasteiger partial charge in [0.2, 0.25) is 5.91 Å². The Hall–Kier alpha value is -1.55. The topological polar surface area (TPSA) is 78.3 Å². The van der Waals surface area contributed by atoms with Crippen molar-refractivity contribution in [2.24, 2.45) is 16.9 Å². The van der Waals surface area contributed by atoms with Crippen molar-refractivity contribution in [3.8, 4) is 5.75 Å². The summed E-state index contributed by atoms with van der Waals surface area (Å²) in [6.07, 6.45) is 0.521. The molecule has 4 heteroatoms. The van der Waals surface area contributed by atoms with Gasteiger partial charge in [0, 0.05) is 11.5 Å². The highest BCUT2D eigenvalue weighted by Gasteiger charge is 2.28. The lowest BCUT2D eigenvalue weighted by Crippen LogP contribution is -2.34. The molecule has 0 aliphatic rings. The van der Waals surface area contributed by atoms with E-state index in [0.717, 1.165) is 22.4 Å². The van der Waals surface area contributed by atoms with Gasteiger partial charge in [-0.3, -0.25) is 4.79 Å². The molecule has 19 heavy (non-hydrogen) atoms. The zero-order valence-electron chi connectivity index (χ0n) is 12.4. The predicted molar refractivity (Wildman–Crippen MR) is 77.0 cm³/mol. The van der Waals surface area contributed by atoms with Gasteiger partial charge in [-0.25, -0.2) is 0 Å². The second kappa shape index (κ2) is 5.61. The normalized spacial score (nSPS) is 13.2. The molecule has 0 bridgehead atoms. The molecule has 4 nitrogen and oxygen atoms in total. The van der Waals surface area contributed by atoms with Crippen molar-refractivity contribution in [1.82, 2.24) is 0 Å². The predicted octanol–water partition coefficient (Wildman–Crippen LogP) is 2.21. The van der Waals surface area contributed by atoms with E-state index < -0.39 is 5.41 Å². The Morgan fingerprint density at radius 1 is 1.32 bits per heavy atom. The fourth-order valence-electron chi connectivity index (χ4n) is 2.29. The van der Waals surface area contributed by atoms with Crippen LogP contribution in [0.3, 0.4) is 0 Å². The maximum absolute atomic E-state index is 11.4. The van der Waals surface area contributed by atoms with E-state index in [1.54, 1.807) is 7.11 Å². The molecule has 0 aliphatic heterocycles. The lowest BCUT2D eigenvalue weighted by atomic mass is 9.82. The fourth-order valence-corrected chi connectivity index (χ4v) is 2.29. The molecule has 1 atom stereocenters. The minimum Gasteiger partial charge on any atom is -0.496 e. The molecule has 0 saturated heterocycles. The molecule has 4 N–H and O–H groups in total. The van der Waals surface area contributed by atoms with Crippen molar-refractivity contribution < 1.29 is 9.53 Å². The molecule has 0 fully saturated rings. The van der Waals surface area contributed by atoms with Gasteiger partial charge >= 0.3 is 0 Å². The lowest BCUT2D eigenvalue weighted by Gasteiger charge is -2.25. The quantitative estimate of drug-likeness (QED) is 0.855. The van der Waals surface area contributed by atoms with E-state index in [4.69, 9.17) is 16.2 Å². The van der Waals surface area contributed by atoms with E-state index in [1.165, 1.54) is 0 Å². The number of ether oxygens (including phenoxy) is 1. The zero-order valence-corrected chi connectivity index (χ0v) is 12.4. The molecule has 1 aromatic rings. The Kier molecular flexibility index (Phi) is 4.58. The van der Waals surface area contributed by atoms with Crippen LogP contribution in [0.4, 0.5) is 0 Å². The maximum atomic E-state index is 11.4.